The van der Waals surface area contributed by atoms with Gasteiger partial charge in [0.25, 0.3) is 0 Å². The van der Waals surface area contributed by atoms with Gasteiger partial charge in [-0.3, -0.25) is 0 Å². The van der Waals surface area contributed by atoms with Crippen LogP contribution in [0.4, 0.5) is 13.2 Å². The summed E-state index contributed by atoms with van der Waals surface area (Å²) in [6, 6.07) is 6.52. The van der Waals surface area contributed by atoms with E-state index in [-0.39, 0.29) is 11.8 Å². The van der Waals surface area contributed by atoms with Gasteiger partial charge in [0, 0.05) is 6.04 Å². The van der Waals surface area contributed by atoms with E-state index < -0.39 is 6.36 Å². The Morgan fingerprint density at radius 2 is 1.81 bits per heavy atom. The van der Waals surface area contributed by atoms with Gasteiger partial charge in [-0.2, -0.15) is 0 Å². The molecule has 1 aliphatic carbocycles. The van der Waals surface area contributed by atoms with Crippen LogP contribution < -0.4 is 10.1 Å². The van der Waals surface area contributed by atoms with E-state index in [9.17, 15) is 13.2 Å². The third-order valence-corrected chi connectivity index (χ3v) is 3.96. The number of alkyl halides is 3. The molecule has 0 aromatic heterocycles. The zero-order chi connectivity index (χ0) is 15.3. The van der Waals surface area contributed by atoms with Crippen LogP contribution in [0.1, 0.15) is 50.6 Å². The molecule has 0 aliphatic heterocycles. The SMILES string of the molecule is CCCNC(c1ccc(OC(F)(F)F)cc1)C1CCCC1. The fraction of sp³-hybridized carbons (Fsp3) is 0.625. The molecule has 1 saturated carbocycles. The van der Waals surface area contributed by atoms with E-state index in [1.807, 2.05) is 0 Å². The third-order valence-electron chi connectivity index (χ3n) is 3.96. The second kappa shape index (κ2) is 7.16. The van der Waals surface area contributed by atoms with Gasteiger partial charge in [-0.25, -0.2) is 0 Å². The molecule has 2 rings (SSSR count). The summed E-state index contributed by atoms with van der Waals surface area (Å²) in [6.45, 7) is 3.03. The molecule has 1 aromatic carbocycles. The van der Waals surface area contributed by atoms with Crippen molar-refractivity contribution in [3.63, 3.8) is 0 Å². The fourth-order valence-electron chi connectivity index (χ4n) is 3.02. The van der Waals surface area contributed by atoms with Gasteiger partial charge in [0.15, 0.2) is 0 Å². The largest absolute Gasteiger partial charge is 0.573 e. The molecule has 0 saturated heterocycles. The molecule has 1 unspecified atom stereocenters. The van der Waals surface area contributed by atoms with Crippen molar-refractivity contribution in [2.24, 2.45) is 5.92 Å². The number of hydrogen-bond acceptors (Lipinski definition) is 2. The summed E-state index contributed by atoms with van der Waals surface area (Å²) >= 11 is 0. The average Bonchev–Trinajstić information content (AvgIpc) is 2.93. The van der Waals surface area contributed by atoms with Gasteiger partial charge < -0.3 is 10.1 Å². The molecule has 2 nitrogen and oxygen atoms in total. The van der Waals surface area contributed by atoms with Crippen LogP contribution in [0.3, 0.4) is 0 Å². The topological polar surface area (TPSA) is 21.3 Å². The highest BCUT2D eigenvalue weighted by molar-refractivity contribution is 5.30. The van der Waals surface area contributed by atoms with Gasteiger partial charge >= 0.3 is 6.36 Å². The third kappa shape index (κ3) is 4.92. The summed E-state index contributed by atoms with van der Waals surface area (Å²) in [7, 11) is 0. The number of hydrogen-bond donors (Lipinski definition) is 1. The van der Waals surface area contributed by atoms with Gasteiger partial charge in [-0.1, -0.05) is 31.9 Å². The minimum atomic E-state index is -4.63. The van der Waals surface area contributed by atoms with E-state index in [2.05, 4.69) is 17.0 Å². The lowest BCUT2D eigenvalue weighted by atomic mass is 9.91. The maximum Gasteiger partial charge on any atom is 0.573 e. The van der Waals surface area contributed by atoms with Crippen molar-refractivity contribution in [1.29, 1.82) is 0 Å². The Kier molecular flexibility index (Phi) is 5.51. The monoisotopic (exact) mass is 301 g/mol. The Hall–Kier alpha value is -1.23. The van der Waals surface area contributed by atoms with Gasteiger partial charge in [-0.05, 0) is 49.4 Å². The summed E-state index contributed by atoms with van der Waals surface area (Å²) < 4.78 is 40.5. The van der Waals surface area contributed by atoms with Crippen molar-refractivity contribution in [3.05, 3.63) is 29.8 Å². The van der Waals surface area contributed by atoms with Crippen LogP contribution in [-0.4, -0.2) is 12.9 Å². The number of halogens is 3. The summed E-state index contributed by atoms with van der Waals surface area (Å²) in [5.41, 5.74) is 1.05. The van der Waals surface area contributed by atoms with Crippen LogP contribution in [0.15, 0.2) is 24.3 Å². The smallest absolute Gasteiger partial charge is 0.406 e. The van der Waals surface area contributed by atoms with Gasteiger partial charge in [0.05, 0.1) is 0 Å². The molecule has 1 atom stereocenters. The highest BCUT2D eigenvalue weighted by Crippen LogP contribution is 2.36. The van der Waals surface area contributed by atoms with Crippen molar-refractivity contribution >= 4 is 0 Å². The predicted octanol–water partition coefficient (Wildman–Crippen LogP) is 4.82. The maximum absolute atomic E-state index is 12.2. The lowest BCUT2D eigenvalue weighted by molar-refractivity contribution is -0.274. The van der Waals surface area contributed by atoms with Crippen molar-refractivity contribution in [2.75, 3.05) is 6.54 Å². The molecule has 118 valence electrons. The van der Waals surface area contributed by atoms with Crippen molar-refractivity contribution in [3.8, 4) is 5.75 Å². The first-order valence-electron chi connectivity index (χ1n) is 7.58. The van der Waals surface area contributed by atoms with Crippen molar-refractivity contribution in [1.82, 2.24) is 5.32 Å². The molecule has 1 N–H and O–H groups in total. The first-order valence-corrected chi connectivity index (χ1v) is 7.58. The molecular weight excluding hydrogens is 279 g/mol. The Morgan fingerprint density at radius 3 is 2.33 bits per heavy atom. The average molecular weight is 301 g/mol. The van der Waals surface area contributed by atoms with Crippen LogP contribution in [-0.2, 0) is 0 Å². The fourth-order valence-corrected chi connectivity index (χ4v) is 3.02. The van der Waals surface area contributed by atoms with Crippen LogP contribution in [0.5, 0.6) is 5.75 Å². The Labute approximate surface area is 123 Å². The standard InChI is InChI=1S/C16H22F3NO/c1-2-11-20-15(12-5-3-4-6-12)13-7-9-14(10-8-13)21-16(17,18)19/h7-10,12,15,20H,2-6,11H2,1H3. The van der Waals surface area contributed by atoms with E-state index >= 15 is 0 Å². The summed E-state index contributed by atoms with van der Waals surface area (Å²) in [5.74, 6) is 0.415. The van der Waals surface area contributed by atoms with E-state index in [4.69, 9.17) is 0 Å². The summed E-state index contributed by atoms with van der Waals surface area (Å²) in [6.07, 6.45) is 1.25. The van der Waals surface area contributed by atoms with Crippen molar-refractivity contribution < 1.29 is 17.9 Å². The minimum Gasteiger partial charge on any atom is -0.406 e. The molecule has 21 heavy (non-hydrogen) atoms. The molecule has 0 heterocycles. The first kappa shape index (κ1) is 16.1. The molecule has 0 radical (unpaired) electrons. The molecule has 1 aliphatic rings. The van der Waals surface area contributed by atoms with E-state index in [0.717, 1.165) is 18.5 Å². The second-order valence-electron chi connectivity index (χ2n) is 5.59. The lowest BCUT2D eigenvalue weighted by Gasteiger charge is -2.25. The molecule has 5 heteroatoms. The Balaban J connectivity index is 2.08. The van der Waals surface area contributed by atoms with E-state index in [1.165, 1.54) is 37.8 Å². The van der Waals surface area contributed by atoms with Gasteiger partial charge in [-0.15, -0.1) is 13.2 Å². The normalized spacial score (nSPS) is 17.9. The van der Waals surface area contributed by atoms with Crippen LogP contribution in [0, 0.1) is 5.92 Å². The highest BCUT2D eigenvalue weighted by atomic mass is 19.4. The Bertz CT molecular complexity index is 424. The molecule has 1 fully saturated rings. The molecular formula is C16H22F3NO. The quantitative estimate of drug-likeness (QED) is 0.813. The minimum absolute atomic E-state index is 0.160. The number of rotatable bonds is 6. The summed E-state index contributed by atoms with van der Waals surface area (Å²) in [4.78, 5) is 0. The highest BCUT2D eigenvalue weighted by Gasteiger charge is 2.31. The zero-order valence-electron chi connectivity index (χ0n) is 12.2. The van der Waals surface area contributed by atoms with Crippen LogP contribution in [0.25, 0.3) is 0 Å². The van der Waals surface area contributed by atoms with E-state index in [0.29, 0.717) is 5.92 Å². The Morgan fingerprint density at radius 1 is 1.19 bits per heavy atom. The second-order valence-corrected chi connectivity index (χ2v) is 5.59. The van der Waals surface area contributed by atoms with Crippen LogP contribution >= 0.6 is 0 Å². The molecule has 0 spiro atoms. The predicted molar refractivity (Wildman–Crippen MR) is 76.1 cm³/mol. The molecule has 0 amide bonds. The summed E-state index contributed by atoms with van der Waals surface area (Å²) in [5, 5.41) is 3.53. The molecule has 0 bridgehead atoms. The number of ether oxygens (including phenoxy) is 1. The van der Waals surface area contributed by atoms with Gasteiger partial charge in [0.2, 0.25) is 0 Å². The number of nitrogens with one attached hydrogen (secondary N) is 1. The van der Waals surface area contributed by atoms with E-state index in [1.54, 1.807) is 12.1 Å². The van der Waals surface area contributed by atoms with Crippen LogP contribution in [0.2, 0.25) is 0 Å². The lowest BCUT2D eigenvalue weighted by Crippen LogP contribution is -2.27. The first-order chi connectivity index (χ1) is 9.99. The zero-order valence-corrected chi connectivity index (χ0v) is 12.2. The van der Waals surface area contributed by atoms with Gasteiger partial charge in [0.1, 0.15) is 5.75 Å². The molecule has 1 aromatic rings. The van der Waals surface area contributed by atoms with Crippen molar-refractivity contribution in [2.45, 2.75) is 51.4 Å². The number of benzene rings is 1. The maximum atomic E-state index is 12.2.